The minimum absolute atomic E-state index is 0.476. The molecule has 1 aromatic heterocycles. The van der Waals surface area contributed by atoms with Gasteiger partial charge >= 0.3 is 0 Å². The van der Waals surface area contributed by atoms with Crippen LogP contribution in [0.2, 0.25) is 0 Å². The first kappa shape index (κ1) is 9.93. The van der Waals surface area contributed by atoms with Crippen LogP contribution in [0.1, 0.15) is 5.56 Å². The van der Waals surface area contributed by atoms with Gasteiger partial charge in [-0.2, -0.15) is 0 Å². The van der Waals surface area contributed by atoms with Crippen LogP contribution in [0.5, 0.6) is 0 Å². The molecule has 1 heterocycles. The van der Waals surface area contributed by atoms with Gasteiger partial charge < -0.3 is 4.74 Å². The van der Waals surface area contributed by atoms with Crippen LogP contribution < -0.4 is 0 Å². The summed E-state index contributed by atoms with van der Waals surface area (Å²) in [6, 6.07) is 13.8. The number of nitrogens with zero attached hydrogens (tertiary/aromatic N) is 1. The lowest BCUT2D eigenvalue weighted by molar-refractivity contribution is 0.288. The third kappa shape index (κ3) is 2.67. The summed E-state index contributed by atoms with van der Waals surface area (Å²) in [4.78, 5) is 0. The van der Waals surface area contributed by atoms with E-state index in [0.717, 1.165) is 5.56 Å². The highest BCUT2D eigenvalue weighted by Gasteiger charge is 1.99. The van der Waals surface area contributed by atoms with Crippen LogP contribution in [0.4, 0.5) is 0 Å². The van der Waals surface area contributed by atoms with Gasteiger partial charge in [-0.1, -0.05) is 30.3 Å². The second-order valence-electron chi connectivity index (χ2n) is 3.13. The molecule has 0 amide bonds. The molecule has 1 aromatic carbocycles. The van der Waals surface area contributed by atoms with E-state index in [4.69, 9.17) is 17.0 Å². The van der Waals surface area contributed by atoms with E-state index in [2.05, 4.69) is 0 Å². The van der Waals surface area contributed by atoms with Gasteiger partial charge in [0.15, 0.2) is 0 Å². The molecule has 0 bridgehead atoms. The van der Waals surface area contributed by atoms with Crippen molar-refractivity contribution in [3.05, 3.63) is 60.4 Å². The van der Waals surface area contributed by atoms with Crippen LogP contribution in [0.3, 0.4) is 0 Å². The van der Waals surface area contributed by atoms with E-state index in [9.17, 15) is 0 Å². The largest absolute Gasteiger partial charge is 0.466 e. The summed E-state index contributed by atoms with van der Waals surface area (Å²) in [6.07, 6.45) is 3.74. The highest BCUT2D eigenvalue weighted by atomic mass is 32.1. The minimum Gasteiger partial charge on any atom is -0.466 e. The van der Waals surface area contributed by atoms with Crippen molar-refractivity contribution in [3.63, 3.8) is 0 Å². The molecule has 0 saturated carbocycles. The molecule has 0 saturated heterocycles. The Hall–Kier alpha value is -1.61. The predicted molar refractivity (Wildman–Crippen MR) is 63.7 cm³/mol. The fourth-order valence-electron chi connectivity index (χ4n) is 1.25. The molecule has 2 aromatic rings. The SMILES string of the molecule is S=C(OCc1ccccc1)n1cccc1. The van der Waals surface area contributed by atoms with E-state index < -0.39 is 0 Å². The van der Waals surface area contributed by atoms with Crippen LogP contribution >= 0.6 is 12.2 Å². The molecule has 2 rings (SSSR count). The molecule has 2 nitrogen and oxygen atoms in total. The Morgan fingerprint density at radius 3 is 2.40 bits per heavy atom. The smallest absolute Gasteiger partial charge is 0.267 e. The van der Waals surface area contributed by atoms with Gasteiger partial charge in [0.05, 0.1) is 0 Å². The number of benzene rings is 1. The quantitative estimate of drug-likeness (QED) is 0.718. The monoisotopic (exact) mass is 217 g/mol. The molecule has 0 aliphatic heterocycles. The highest BCUT2D eigenvalue weighted by Crippen LogP contribution is 2.02. The molecule has 0 aliphatic rings. The van der Waals surface area contributed by atoms with Crippen LogP contribution in [0.25, 0.3) is 0 Å². The van der Waals surface area contributed by atoms with E-state index in [1.54, 1.807) is 4.57 Å². The lowest BCUT2D eigenvalue weighted by Crippen LogP contribution is -2.10. The van der Waals surface area contributed by atoms with Crippen molar-refractivity contribution < 1.29 is 4.74 Å². The van der Waals surface area contributed by atoms with Crippen LogP contribution in [0.15, 0.2) is 54.9 Å². The first-order valence-corrected chi connectivity index (χ1v) is 5.11. The van der Waals surface area contributed by atoms with Crippen LogP contribution in [-0.2, 0) is 11.3 Å². The fourth-order valence-corrected chi connectivity index (χ4v) is 1.43. The van der Waals surface area contributed by atoms with E-state index in [0.29, 0.717) is 11.8 Å². The lowest BCUT2D eigenvalue weighted by Gasteiger charge is -2.07. The number of ether oxygens (including phenoxy) is 1. The summed E-state index contributed by atoms with van der Waals surface area (Å²) in [6.45, 7) is 0.512. The van der Waals surface area contributed by atoms with Crippen molar-refractivity contribution in [1.82, 2.24) is 4.57 Å². The first-order valence-electron chi connectivity index (χ1n) is 4.70. The van der Waals surface area contributed by atoms with E-state index in [1.165, 1.54) is 0 Å². The zero-order valence-corrected chi connectivity index (χ0v) is 8.98. The topological polar surface area (TPSA) is 14.2 Å². The normalized spacial score (nSPS) is 9.87. The molecule has 76 valence electrons. The Bertz CT molecular complexity index is 422. The Balaban J connectivity index is 1.92. The van der Waals surface area contributed by atoms with Crippen molar-refractivity contribution in [1.29, 1.82) is 0 Å². The van der Waals surface area contributed by atoms with Gasteiger partial charge in [-0.05, 0) is 29.9 Å². The third-order valence-electron chi connectivity index (χ3n) is 2.02. The molecule has 0 aliphatic carbocycles. The summed E-state index contributed by atoms with van der Waals surface area (Å²) in [7, 11) is 0. The Morgan fingerprint density at radius 2 is 1.73 bits per heavy atom. The maximum Gasteiger partial charge on any atom is 0.267 e. The number of aromatic nitrogens is 1. The Labute approximate surface area is 94.1 Å². The van der Waals surface area contributed by atoms with Gasteiger partial charge in [0.25, 0.3) is 5.17 Å². The third-order valence-corrected chi connectivity index (χ3v) is 2.35. The molecule has 0 unspecified atom stereocenters. The van der Waals surface area contributed by atoms with E-state index in [-0.39, 0.29) is 0 Å². The average molecular weight is 217 g/mol. The molecule has 0 radical (unpaired) electrons. The van der Waals surface area contributed by atoms with Crippen LogP contribution in [-0.4, -0.2) is 9.74 Å². The average Bonchev–Trinajstić information content (AvgIpc) is 2.81. The number of hydrogen-bond acceptors (Lipinski definition) is 2. The summed E-state index contributed by atoms with van der Waals surface area (Å²) in [5.41, 5.74) is 1.12. The maximum absolute atomic E-state index is 5.47. The molecular formula is C12H11NOS. The van der Waals surface area contributed by atoms with Crippen LogP contribution in [0, 0.1) is 0 Å². The number of thiocarbonyl (C=S) groups is 1. The van der Waals surface area contributed by atoms with Gasteiger partial charge in [0.2, 0.25) is 0 Å². The number of hydrogen-bond donors (Lipinski definition) is 0. The lowest BCUT2D eigenvalue weighted by atomic mass is 10.2. The van der Waals surface area contributed by atoms with Crippen molar-refractivity contribution in [3.8, 4) is 0 Å². The second-order valence-corrected chi connectivity index (χ2v) is 3.48. The maximum atomic E-state index is 5.47. The van der Waals surface area contributed by atoms with Gasteiger partial charge in [0.1, 0.15) is 6.61 Å². The van der Waals surface area contributed by atoms with Gasteiger partial charge in [-0.25, -0.2) is 0 Å². The molecule has 0 N–H and O–H groups in total. The van der Waals surface area contributed by atoms with Gasteiger partial charge in [0, 0.05) is 12.4 Å². The molecule has 15 heavy (non-hydrogen) atoms. The second kappa shape index (κ2) is 4.75. The fraction of sp³-hybridized carbons (Fsp3) is 0.0833. The van der Waals surface area contributed by atoms with E-state index >= 15 is 0 Å². The Morgan fingerprint density at radius 1 is 1.07 bits per heavy atom. The van der Waals surface area contributed by atoms with Crippen molar-refractivity contribution >= 4 is 17.4 Å². The summed E-state index contributed by atoms with van der Waals surface area (Å²) >= 11 is 5.11. The Kier molecular flexibility index (Phi) is 3.15. The predicted octanol–water partition coefficient (Wildman–Crippen LogP) is 2.84. The number of rotatable bonds is 2. The van der Waals surface area contributed by atoms with E-state index in [1.807, 2.05) is 54.9 Å². The minimum atomic E-state index is 0.476. The highest BCUT2D eigenvalue weighted by molar-refractivity contribution is 7.80. The van der Waals surface area contributed by atoms with Crippen molar-refractivity contribution in [2.24, 2.45) is 0 Å². The zero-order valence-electron chi connectivity index (χ0n) is 8.17. The molecular weight excluding hydrogens is 206 g/mol. The summed E-state index contributed by atoms with van der Waals surface area (Å²) in [5.74, 6) is 0. The van der Waals surface area contributed by atoms with Gasteiger partial charge in [-0.15, -0.1) is 0 Å². The molecule has 0 atom stereocenters. The van der Waals surface area contributed by atoms with Crippen molar-refractivity contribution in [2.75, 3.05) is 0 Å². The molecule has 0 spiro atoms. The van der Waals surface area contributed by atoms with Gasteiger partial charge in [-0.3, -0.25) is 4.57 Å². The zero-order chi connectivity index (χ0) is 10.5. The van der Waals surface area contributed by atoms with Crippen molar-refractivity contribution in [2.45, 2.75) is 6.61 Å². The first-order chi connectivity index (χ1) is 7.36. The molecule has 3 heteroatoms. The summed E-state index contributed by atoms with van der Waals surface area (Å²) in [5, 5.41) is 0.476. The standard InChI is InChI=1S/C12H11NOS/c15-12(13-8-4-5-9-13)14-10-11-6-2-1-3-7-11/h1-9H,10H2. The molecule has 0 fully saturated rings. The summed E-state index contributed by atoms with van der Waals surface area (Å²) < 4.78 is 7.24.